The van der Waals surface area contributed by atoms with Gasteiger partial charge in [0.2, 0.25) is 5.91 Å². The molecule has 2 unspecified atom stereocenters. The van der Waals surface area contributed by atoms with Crippen LogP contribution in [-0.4, -0.2) is 65.3 Å². The average molecular weight is 504 g/mol. The Balaban J connectivity index is 1.13. The normalized spacial score (nSPS) is 22.5. The zero-order valence-corrected chi connectivity index (χ0v) is 21.2. The smallest absolute Gasteiger partial charge is 0.369 e. The Morgan fingerprint density at radius 2 is 1.72 bits per heavy atom. The van der Waals surface area contributed by atoms with Gasteiger partial charge in [0.1, 0.15) is 0 Å². The molecular weight excluding hydrogens is 467 g/mol. The highest BCUT2D eigenvalue weighted by Crippen LogP contribution is 2.37. The first kappa shape index (κ1) is 26.5. The number of unbranched alkanes of at least 4 members (excludes halogenated alkanes) is 2. The van der Waals surface area contributed by atoms with E-state index in [1.165, 1.54) is 6.08 Å². The van der Waals surface area contributed by atoms with Gasteiger partial charge in [-0.25, -0.2) is 0 Å². The van der Waals surface area contributed by atoms with Gasteiger partial charge in [-0.1, -0.05) is 31.6 Å². The van der Waals surface area contributed by atoms with Crippen molar-refractivity contribution in [3.05, 3.63) is 58.8 Å². The number of Topliss-reactive ketones (excluding diaryl/α,β-unsaturated/α-hetero) is 1. The lowest BCUT2D eigenvalue weighted by atomic mass is 9.88. The second kappa shape index (κ2) is 11.2. The molecule has 0 N–H and O–H groups in total. The number of nitrogens with zero attached hydrogens (tertiary/aromatic N) is 3. The lowest BCUT2D eigenvalue weighted by molar-refractivity contribution is -0.169. The van der Waals surface area contributed by atoms with E-state index in [4.69, 9.17) is 0 Å². The summed E-state index contributed by atoms with van der Waals surface area (Å²) in [5.74, 6) is -1.74. The van der Waals surface area contributed by atoms with Crippen LogP contribution < -0.4 is 0 Å². The van der Waals surface area contributed by atoms with Crippen LogP contribution in [0.1, 0.15) is 61.0 Å². The average Bonchev–Trinajstić information content (AvgIpc) is 3.27. The van der Waals surface area contributed by atoms with Gasteiger partial charge in [-0.3, -0.25) is 14.5 Å². The fraction of sp³-hybridized carbons (Fsp3) is 0.571. The van der Waals surface area contributed by atoms with Crippen molar-refractivity contribution < 1.29 is 22.8 Å². The Bertz CT molecular complexity index is 1030. The maximum Gasteiger partial charge on any atom is 0.395 e. The Hall–Kier alpha value is -2.61. The molecule has 196 valence electrons. The summed E-state index contributed by atoms with van der Waals surface area (Å²) < 4.78 is 39.9. The third-order valence-corrected chi connectivity index (χ3v) is 7.66. The summed E-state index contributed by atoms with van der Waals surface area (Å²) in [6.45, 7) is 8.44. The van der Waals surface area contributed by atoms with Gasteiger partial charge in [-0.15, -0.1) is 0 Å². The fourth-order valence-corrected chi connectivity index (χ4v) is 5.33. The molecule has 1 aromatic rings. The van der Waals surface area contributed by atoms with Crippen molar-refractivity contribution in [2.75, 3.05) is 32.7 Å². The molecule has 8 heteroatoms. The van der Waals surface area contributed by atoms with Crippen LogP contribution in [0.25, 0.3) is 0 Å². The molecule has 3 aliphatic rings. The summed E-state index contributed by atoms with van der Waals surface area (Å²) in [7, 11) is 0. The molecule has 0 radical (unpaired) electrons. The second-order valence-corrected chi connectivity index (χ2v) is 10.3. The number of halogens is 3. The predicted molar refractivity (Wildman–Crippen MR) is 133 cm³/mol. The Morgan fingerprint density at radius 3 is 2.42 bits per heavy atom. The zero-order valence-electron chi connectivity index (χ0n) is 21.2. The SMILES string of the molecule is CC(=O)c1ccc2c(c1)CN(C(=O)CCCCCN1CCN(C3=CC(C(F)(F)F)C(C)C=C3)CC1)C2. The number of piperazine rings is 1. The second-order valence-electron chi connectivity index (χ2n) is 10.3. The molecule has 1 aromatic carbocycles. The molecule has 4 rings (SSSR count). The van der Waals surface area contributed by atoms with Crippen molar-refractivity contribution in [1.29, 1.82) is 0 Å². The van der Waals surface area contributed by atoms with Crippen LogP contribution in [0.4, 0.5) is 13.2 Å². The van der Waals surface area contributed by atoms with Gasteiger partial charge in [-0.2, -0.15) is 13.2 Å². The number of alkyl halides is 3. The molecule has 1 aliphatic carbocycles. The Labute approximate surface area is 211 Å². The quantitative estimate of drug-likeness (QED) is 0.362. The summed E-state index contributed by atoms with van der Waals surface area (Å²) in [6.07, 6.45) is 4.03. The van der Waals surface area contributed by atoms with Gasteiger partial charge >= 0.3 is 6.18 Å². The highest BCUT2D eigenvalue weighted by Gasteiger charge is 2.42. The third-order valence-electron chi connectivity index (χ3n) is 7.66. The molecule has 1 fully saturated rings. The lowest BCUT2D eigenvalue weighted by Gasteiger charge is -2.38. The van der Waals surface area contributed by atoms with Crippen LogP contribution in [0.15, 0.2) is 42.1 Å². The van der Waals surface area contributed by atoms with Gasteiger partial charge in [0.15, 0.2) is 5.78 Å². The van der Waals surface area contributed by atoms with Crippen LogP contribution in [0.3, 0.4) is 0 Å². The third kappa shape index (κ3) is 6.38. The van der Waals surface area contributed by atoms with E-state index in [1.807, 2.05) is 29.2 Å². The maximum absolute atomic E-state index is 13.3. The van der Waals surface area contributed by atoms with Gasteiger partial charge in [0.25, 0.3) is 0 Å². The molecule has 0 bridgehead atoms. The molecule has 0 spiro atoms. The molecule has 0 saturated carbocycles. The van der Waals surface area contributed by atoms with E-state index in [1.54, 1.807) is 19.9 Å². The molecule has 36 heavy (non-hydrogen) atoms. The van der Waals surface area contributed by atoms with E-state index in [0.717, 1.165) is 63.1 Å². The number of benzene rings is 1. The van der Waals surface area contributed by atoms with Gasteiger partial charge in [0, 0.05) is 56.9 Å². The summed E-state index contributed by atoms with van der Waals surface area (Å²) in [5, 5.41) is 0. The number of allylic oxidation sites excluding steroid dienone is 3. The first-order valence-electron chi connectivity index (χ1n) is 13.0. The number of hydrogen-bond donors (Lipinski definition) is 0. The number of fused-ring (bicyclic) bond motifs is 1. The molecule has 5 nitrogen and oxygen atoms in total. The van der Waals surface area contributed by atoms with E-state index < -0.39 is 18.0 Å². The largest absolute Gasteiger partial charge is 0.395 e. The zero-order chi connectivity index (χ0) is 25.9. The Kier molecular flexibility index (Phi) is 8.23. The minimum atomic E-state index is -4.21. The number of hydrogen-bond acceptors (Lipinski definition) is 4. The van der Waals surface area contributed by atoms with E-state index in [2.05, 4.69) is 9.80 Å². The summed E-state index contributed by atoms with van der Waals surface area (Å²) >= 11 is 0. The first-order chi connectivity index (χ1) is 17.1. The molecule has 1 saturated heterocycles. The van der Waals surface area contributed by atoms with E-state index in [9.17, 15) is 22.8 Å². The van der Waals surface area contributed by atoms with Crippen molar-refractivity contribution in [2.24, 2.45) is 11.8 Å². The topological polar surface area (TPSA) is 43.9 Å². The number of carbonyl (C=O) groups excluding carboxylic acids is 2. The number of ketones is 1. The highest BCUT2D eigenvalue weighted by molar-refractivity contribution is 5.94. The molecule has 0 aromatic heterocycles. The minimum absolute atomic E-state index is 0.0385. The summed E-state index contributed by atoms with van der Waals surface area (Å²) in [5.41, 5.74) is 3.57. The van der Waals surface area contributed by atoms with Crippen LogP contribution in [0.5, 0.6) is 0 Å². The van der Waals surface area contributed by atoms with Gasteiger partial charge < -0.3 is 9.80 Å². The monoisotopic (exact) mass is 503 g/mol. The van der Waals surface area contributed by atoms with Crippen LogP contribution in [0, 0.1) is 11.8 Å². The summed E-state index contributed by atoms with van der Waals surface area (Å²) in [4.78, 5) is 30.5. The van der Waals surface area contributed by atoms with E-state index in [0.29, 0.717) is 30.8 Å². The molecule has 2 heterocycles. The van der Waals surface area contributed by atoms with E-state index >= 15 is 0 Å². The number of carbonyl (C=O) groups is 2. The predicted octanol–water partition coefficient (Wildman–Crippen LogP) is 5.18. The highest BCUT2D eigenvalue weighted by atomic mass is 19.4. The van der Waals surface area contributed by atoms with Crippen LogP contribution in [-0.2, 0) is 17.9 Å². The molecule has 2 atom stereocenters. The number of amides is 1. The first-order valence-corrected chi connectivity index (χ1v) is 13.0. The molecule has 2 aliphatic heterocycles. The molecule has 1 amide bonds. The van der Waals surface area contributed by atoms with Crippen molar-refractivity contribution in [3.8, 4) is 0 Å². The van der Waals surface area contributed by atoms with Crippen molar-refractivity contribution in [2.45, 2.75) is 58.8 Å². The lowest BCUT2D eigenvalue weighted by Crippen LogP contribution is -2.46. The molecular formula is C28H36F3N3O2. The Morgan fingerprint density at radius 1 is 1.00 bits per heavy atom. The van der Waals surface area contributed by atoms with Gasteiger partial charge in [-0.05, 0) is 61.6 Å². The van der Waals surface area contributed by atoms with Crippen LogP contribution in [0.2, 0.25) is 0 Å². The van der Waals surface area contributed by atoms with E-state index in [-0.39, 0.29) is 11.7 Å². The maximum atomic E-state index is 13.3. The van der Waals surface area contributed by atoms with Gasteiger partial charge in [0.05, 0.1) is 5.92 Å². The van der Waals surface area contributed by atoms with Crippen LogP contribution >= 0.6 is 0 Å². The minimum Gasteiger partial charge on any atom is -0.369 e. The summed E-state index contributed by atoms with van der Waals surface area (Å²) in [6, 6.07) is 5.69. The van der Waals surface area contributed by atoms with Crippen molar-refractivity contribution in [3.63, 3.8) is 0 Å². The standard InChI is InChI=1S/C28H36F3N3O2/c1-20-7-10-25(17-26(20)28(29,30)31)33-14-12-32(13-15-33)11-5-3-4-6-27(36)34-18-23-9-8-22(21(2)35)16-24(23)19-34/h7-10,16-17,20,26H,3-6,11-15,18-19H2,1-2H3. The number of rotatable bonds is 8. The van der Waals surface area contributed by atoms with Crippen molar-refractivity contribution in [1.82, 2.24) is 14.7 Å². The van der Waals surface area contributed by atoms with Crippen molar-refractivity contribution >= 4 is 11.7 Å². The fourth-order valence-electron chi connectivity index (χ4n) is 5.33.